The number of hydrogen-bond acceptors (Lipinski definition) is 3. The molecule has 1 unspecified atom stereocenters. The molecule has 0 aliphatic carbocycles. The van der Waals surface area contributed by atoms with Crippen LogP contribution in [0.2, 0.25) is 0 Å². The van der Waals surface area contributed by atoms with Crippen LogP contribution in [0.25, 0.3) is 0 Å². The molecule has 2 rings (SSSR count). The van der Waals surface area contributed by atoms with Crippen molar-refractivity contribution < 1.29 is 19.4 Å². The van der Waals surface area contributed by atoms with Crippen molar-refractivity contribution in [3.8, 4) is 0 Å². The number of nitrogens with one attached hydrogen (secondary N) is 1. The van der Waals surface area contributed by atoms with Gasteiger partial charge in [0.1, 0.15) is 0 Å². The lowest BCUT2D eigenvalue weighted by atomic mass is 10.1. The Morgan fingerprint density at radius 3 is 2.86 bits per heavy atom. The van der Waals surface area contributed by atoms with E-state index in [9.17, 15) is 9.59 Å². The number of rotatable bonds is 5. The molecule has 0 saturated carbocycles. The average Bonchev–Trinajstić information content (AvgIpc) is 2.93. The van der Waals surface area contributed by atoms with Crippen LogP contribution in [0.1, 0.15) is 18.4 Å². The van der Waals surface area contributed by atoms with Gasteiger partial charge in [-0.15, -0.1) is 0 Å². The third-order valence-electron chi connectivity index (χ3n) is 3.45. The Morgan fingerprint density at radius 1 is 1.43 bits per heavy atom. The van der Waals surface area contributed by atoms with Crippen molar-refractivity contribution in [1.29, 1.82) is 0 Å². The van der Waals surface area contributed by atoms with E-state index < -0.39 is 5.97 Å². The molecule has 2 amide bonds. The number of anilines is 1. The van der Waals surface area contributed by atoms with Gasteiger partial charge in [0.05, 0.1) is 12.5 Å². The van der Waals surface area contributed by atoms with E-state index in [1.165, 1.54) is 0 Å². The molecule has 2 N–H and O–H groups in total. The van der Waals surface area contributed by atoms with Crippen molar-refractivity contribution in [1.82, 2.24) is 4.90 Å². The van der Waals surface area contributed by atoms with Gasteiger partial charge in [-0.1, -0.05) is 18.2 Å². The number of ether oxygens (including phenoxy) is 1. The molecule has 21 heavy (non-hydrogen) atoms. The fraction of sp³-hybridized carbons (Fsp3) is 0.467. The van der Waals surface area contributed by atoms with Crippen LogP contribution < -0.4 is 5.32 Å². The molecule has 1 saturated heterocycles. The molecule has 1 atom stereocenters. The van der Waals surface area contributed by atoms with Crippen LogP contribution >= 0.6 is 0 Å². The molecule has 0 aromatic heterocycles. The van der Waals surface area contributed by atoms with Gasteiger partial charge in [-0.05, 0) is 24.5 Å². The maximum absolute atomic E-state index is 12.2. The minimum absolute atomic E-state index is 0.0926. The molecule has 1 aromatic rings. The number of nitrogens with zero attached hydrogens (tertiary/aromatic N) is 1. The molecule has 0 bridgehead atoms. The van der Waals surface area contributed by atoms with Gasteiger partial charge < -0.3 is 20.1 Å². The summed E-state index contributed by atoms with van der Waals surface area (Å²) in [5.74, 6) is -0.926. The topological polar surface area (TPSA) is 78.9 Å². The number of urea groups is 1. The predicted molar refractivity (Wildman–Crippen MR) is 78.4 cm³/mol. The van der Waals surface area contributed by atoms with E-state index in [2.05, 4.69) is 5.32 Å². The van der Waals surface area contributed by atoms with Crippen LogP contribution in [0.15, 0.2) is 24.3 Å². The second-order valence-corrected chi connectivity index (χ2v) is 5.17. The van der Waals surface area contributed by atoms with Gasteiger partial charge in [0.15, 0.2) is 0 Å². The largest absolute Gasteiger partial charge is 0.481 e. The number of carbonyl (C=O) groups is 2. The average molecular weight is 292 g/mol. The van der Waals surface area contributed by atoms with Crippen LogP contribution in [0.3, 0.4) is 0 Å². The minimum atomic E-state index is -0.926. The number of aliphatic carboxylic acids is 1. The van der Waals surface area contributed by atoms with Crippen LogP contribution in [0.5, 0.6) is 0 Å². The molecule has 1 heterocycles. The van der Waals surface area contributed by atoms with Crippen molar-refractivity contribution >= 4 is 17.7 Å². The molecule has 1 fully saturated rings. The number of hydrogen-bond donors (Lipinski definition) is 2. The zero-order chi connectivity index (χ0) is 15.2. The Morgan fingerprint density at radius 2 is 2.19 bits per heavy atom. The SMILES string of the molecule is CN(CC1CCCO1)C(=O)Nc1ccccc1CC(=O)O. The monoisotopic (exact) mass is 292 g/mol. The number of likely N-dealkylation sites (N-methyl/N-ethyl adjacent to an activating group) is 1. The fourth-order valence-electron chi connectivity index (χ4n) is 2.35. The van der Waals surface area contributed by atoms with Gasteiger partial charge in [-0.3, -0.25) is 4.79 Å². The molecule has 1 aliphatic heterocycles. The zero-order valence-corrected chi connectivity index (χ0v) is 12.0. The Bertz CT molecular complexity index is 512. The van der Waals surface area contributed by atoms with Crippen LogP contribution in [-0.2, 0) is 16.0 Å². The van der Waals surface area contributed by atoms with E-state index in [1.54, 1.807) is 36.2 Å². The summed E-state index contributed by atoms with van der Waals surface area (Å²) >= 11 is 0. The molecule has 6 nitrogen and oxygen atoms in total. The highest BCUT2D eigenvalue weighted by Gasteiger charge is 2.20. The normalized spacial score (nSPS) is 17.5. The first kappa shape index (κ1) is 15.3. The summed E-state index contributed by atoms with van der Waals surface area (Å²) in [5, 5.41) is 11.6. The van der Waals surface area contributed by atoms with Gasteiger partial charge >= 0.3 is 12.0 Å². The second-order valence-electron chi connectivity index (χ2n) is 5.17. The number of para-hydroxylation sites is 1. The van der Waals surface area contributed by atoms with E-state index >= 15 is 0 Å². The van der Waals surface area contributed by atoms with Crippen molar-refractivity contribution in [3.05, 3.63) is 29.8 Å². The lowest BCUT2D eigenvalue weighted by Crippen LogP contribution is -2.37. The lowest BCUT2D eigenvalue weighted by molar-refractivity contribution is -0.136. The number of amides is 2. The minimum Gasteiger partial charge on any atom is -0.481 e. The first-order chi connectivity index (χ1) is 10.1. The van der Waals surface area contributed by atoms with E-state index in [0.717, 1.165) is 19.4 Å². The third kappa shape index (κ3) is 4.46. The maximum Gasteiger partial charge on any atom is 0.321 e. The maximum atomic E-state index is 12.2. The van der Waals surface area contributed by atoms with Crippen molar-refractivity contribution in [2.24, 2.45) is 0 Å². The van der Waals surface area contributed by atoms with Gasteiger partial charge in [0.2, 0.25) is 0 Å². The van der Waals surface area contributed by atoms with Gasteiger partial charge in [-0.2, -0.15) is 0 Å². The quantitative estimate of drug-likeness (QED) is 0.869. The summed E-state index contributed by atoms with van der Waals surface area (Å²) in [6, 6.07) is 6.66. The summed E-state index contributed by atoms with van der Waals surface area (Å²) in [7, 11) is 1.71. The number of benzene rings is 1. The standard InChI is InChI=1S/C15H20N2O4/c1-17(10-12-6-4-8-21-12)15(20)16-13-7-3-2-5-11(13)9-14(18)19/h2-3,5,7,12H,4,6,8-10H2,1H3,(H,16,20)(H,18,19). The third-order valence-corrected chi connectivity index (χ3v) is 3.45. The number of carbonyl (C=O) groups excluding carboxylic acids is 1. The molecule has 1 aromatic carbocycles. The van der Waals surface area contributed by atoms with Crippen LogP contribution in [0, 0.1) is 0 Å². The predicted octanol–water partition coefficient (Wildman–Crippen LogP) is 1.96. The number of carboxylic acid groups (broad SMARTS) is 1. The second kappa shape index (κ2) is 7.08. The van der Waals surface area contributed by atoms with Crippen molar-refractivity contribution in [3.63, 3.8) is 0 Å². The Labute approximate surface area is 123 Å². The van der Waals surface area contributed by atoms with Gasteiger partial charge in [0.25, 0.3) is 0 Å². The molecular formula is C15H20N2O4. The Hall–Kier alpha value is -2.08. The van der Waals surface area contributed by atoms with Crippen molar-refractivity contribution in [2.75, 3.05) is 25.5 Å². The first-order valence-electron chi connectivity index (χ1n) is 6.99. The Balaban J connectivity index is 1.96. The van der Waals surface area contributed by atoms with Gasteiger partial charge in [-0.25, -0.2) is 4.79 Å². The van der Waals surface area contributed by atoms with Crippen LogP contribution in [-0.4, -0.2) is 48.3 Å². The summed E-state index contributed by atoms with van der Waals surface area (Å²) < 4.78 is 5.50. The molecule has 1 aliphatic rings. The summed E-state index contributed by atoms with van der Waals surface area (Å²) in [6.07, 6.45) is 1.97. The van der Waals surface area contributed by atoms with E-state index in [4.69, 9.17) is 9.84 Å². The highest BCUT2D eigenvalue weighted by atomic mass is 16.5. The highest BCUT2D eigenvalue weighted by Crippen LogP contribution is 2.17. The van der Waals surface area contributed by atoms with E-state index in [0.29, 0.717) is 17.8 Å². The summed E-state index contributed by atoms with van der Waals surface area (Å²) in [4.78, 5) is 24.5. The summed E-state index contributed by atoms with van der Waals surface area (Å²) in [5.41, 5.74) is 1.12. The van der Waals surface area contributed by atoms with Gasteiger partial charge in [0, 0.05) is 25.9 Å². The molecular weight excluding hydrogens is 272 g/mol. The zero-order valence-electron chi connectivity index (χ0n) is 12.0. The van der Waals surface area contributed by atoms with E-state index in [-0.39, 0.29) is 18.6 Å². The Kier molecular flexibility index (Phi) is 5.16. The lowest BCUT2D eigenvalue weighted by Gasteiger charge is -2.22. The highest BCUT2D eigenvalue weighted by molar-refractivity contribution is 5.90. The molecule has 114 valence electrons. The summed E-state index contributed by atoms with van der Waals surface area (Å²) in [6.45, 7) is 1.29. The first-order valence-corrected chi connectivity index (χ1v) is 6.99. The molecule has 0 radical (unpaired) electrons. The van der Waals surface area contributed by atoms with Crippen LogP contribution in [0.4, 0.5) is 10.5 Å². The van der Waals surface area contributed by atoms with E-state index in [1.807, 2.05) is 0 Å². The molecule has 6 heteroatoms. The molecule has 0 spiro atoms. The number of carboxylic acids is 1. The van der Waals surface area contributed by atoms with Crippen molar-refractivity contribution in [2.45, 2.75) is 25.4 Å². The fourth-order valence-corrected chi connectivity index (χ4v) is 2.35. The smallest absolute Gasteiger partial charge is 0.321 e.